The van der Waals surface area contributed by atoms with Gasteiger partial charge < -0.3 is 5.11 Å². The molecule has 0 aromatic heterocycles. The van der Waals surface area contributed by atoms with E-state index in [-0.39, 0.29) is 23.0 Å². The summed E-state index contributed by atoms with van der Waals surface area (Å²) in [4.78, 5) is 24.8. The molecule has 3 aromatic carbocycles. The fourth-order valence-electron chi connectivity index (χ4n) is 2.41. The van der Waals surface area contributed by atoms with Crippen molar-refractivity contribution in [1.29, 1.82) is 0 Å². The van der Waals surface area contributed by atoms with Gasteiger partial charge in [0.1, 0.15) is 5.75 Å². The Morgan fingerprint density at radius 2 is 1.73 bits per heavy atom. The van der Waals surface area contributed by atoms with Gasteiger partial charge >= 0.3 is 0 Å². The van der Waals surface area contributed by atoms with Gasteiger partial charge in [0.2, 0.25) is 5.91 Å². The standard InChI is InChI=1S/C19H15ClN2O3S/c20-15-8-2-4-12-5-3-9-16(18(12)15)26-11-17(24)21-22-19(25)13-6-1-7-14(23)10-13/h1-10,23H,11H2,(H,21,24)(H,22,25). The lowest BCUT2D eigenvalue weighted by atomic mass is 10.1. The average molecular weight is 387 g/mol. The Morgan fingerprint density at radius 1 is 1.00 bits per heavy atom. The molecule has 26 heavy (non-hydrogen) atoms. The number of rotatable bonds is 4. The van der Waals surface area contributed by atoms with Crippen LogP contribution in [-0.4, -0.2) is 22.7 Å². The molecule has 3 rings (SSSR count). The fourth-order valence-corrected chi connectivity index (χ4v) is 3.65. The summed E-state index contributed by atoms with van der Waals surface area (Å²) < 4.78 is 0. The first-order chi connectivity index (χ1) is 12.5. The van der Waals surface area contributed by atoms with E-state index in [0.29, 0.717) is 5.02 Å². The molecule has 2 amide bonds. The molecule has 0 radical (unpaired) electrons. The van der Waals surface area contributed by atoms with Crippen molar-refractivity contribution in [2.75, 3.05) is 5.75 Å². The smallest absolute Gasteiger partial charge is 0.269 e. The van der Waals surface area contributed by atoms with E-state index in [1.807, 2.05) is 36.4 Å². The minimum atomic E-state index is -0.507. The van der Waals surface area contributed by atoms with E-state index < -0.39 is 5.91 Å². The number of halogens is 1. The molecule has 0 fully saturated rings. The Labute approximate surface area is 159 Å². The number of nitrogens with one attached hydrogen (secondary N) is 2. The summed E-state index contributed by atoms with van der Waals surface area (Å²) in [5.74, 6) is -0.766. The fraction of sp³-hybridized carbons (Fsp3) is 0.0526. The second kappa shape index (κ2) is 8.12. The van der Waals surface area contributed by atoms with Gasteiger partial charge in [-0.3, -0.25) is 20.4 Å². The number of carbonyl (C=O) groups is 2. The van der Waals surface area contributed by atoms with Crippen molar-refractivity contribution in [1.82, 2.24) is 10.9 Å². The van der Waals surface area contributed by atoms with Gasteiger partial charge in [-0.15, -0.1) is 11.8 Å². The van der Waals surface area contributed by atoms with Gasteiger partial charge in [0, 0.05) is 20.9 Å². The minimum Gasteiger partial charge on any atom is -0.508 e. The molecule has 0 aliphatic carbocycles. The highest BCUT2D eigenvalue weighted by atomic mass is 35.5. The van der Waals surface area contributed by atoms with Crippen molar-refractivity contribution in [2.45, 2.75) is 4.90 Å². The number of amides is 2. The first-order valence-electron chi connectivity index (χ1n) is 7.73. The van der Waals surface area contributed by atoms with Crippen molar-refractivity contribution in [3.8, 4) is 5.75 Å². The maximum absolute atomic E-state index is 12.0. The van der Waals surface area contributed by atoms with Gasteiger partial charge in [0.25, 0.3) is 5.91 Å². The second-order valence-electron chi connectivity index (χ2n) is 5.44. The number of hydrazine groups is 1. The third-order valence-corrected chi connectivity index (χ3v) is 4.97. The zero-order valence-corrected chi connectivity index (χ0v) is 15.1. The van der Waals surface area contributed by atoms with Crippen LogP contribution in [0.2, 0.25) is 5.02 Å². The molecular weight excluding hydrogens is 372 g/mol. The lowest BCUT2D eigenvalue weighted by Gasteiger charge is -2.09. The van der Waals surface area contributed by atoms with E-state index in [0.717, 1.165) is 15.7 Å². The Kier molecular flexibility index (Phi) is 5.65. The molecule has 0 unspecified atom stereocenters. The summed E-state index contributed by atoms with van der Waals surface area (Å²) in [6.07, 6.45) is 0. The van der Waals surface area contributed by atoms with Crippen molar-refractivity contribution in [3.63, 3.8) is 0 Å². The number of phenolic OH excluding ortho intramolecular Hbond substituents is 1. The van der Waals surface area contributed by atoms with Gasteiger partial charge in [0.15, 0.2) is 0 Å². The number of fused-ring (bicyclic) bond motifs is 1. The van der Waals surface area contributed by atoms with Crippen LogP contribution >= 0.6 is 23.4 Å². The molecular formula is C19H15ClN2O3S. The molecule has 0 aliphatic heterocycles. The van der Waals surface area contributed by atoms with Crippen LogP contribution in [0.4, 0.5) is 0 Å². The van der Waals surface area contributed by atoms with Crippen LogP contribution in [0.15, 0.2) is 65.6 Å². The van der Waals surface area contributed by atoms with E-state index in [4.69, 9.17) is 11.6 Å². The molecule has 0 heterocycles. The molecule has 132 valence electrons. The minimum absolute atomic E-state index is 0.0210. The van der Waals surface area contributed by atoms with Crippen LogP contribution in [0, 0.1) is 0 Å². The molecule has 0 aliphatic rings. The highest BCUT2D eigenvalue weighted by molar-refractivity contribution is 8.00. The molecule has 3 N–H and O–H groups in total. The van der Waals surface area contributed by atoms with Gasteiger partial charge in [0.05, 0.1) is 5.75 Å². The predicted octanol–water partition coefficient (Wildman–Crippen LogP) is 3.75. The van der Waals surface area contributed by atoms with Gasteiger partial charge in [-0.25, -0.2) is 0 Å². The topological polar surface area (TPSA) is 78.4 Å². The van der Waals surface area contributed by atoms with E-state index in [1.165, 1.54) is 30.0 Å². The predicted molar refractivity (Wildman–Crippen MR) is 103 cm³/mol. The summed E-state index contributed by atoms with van der Waals surface area (Å²) in [5.41, 5.74) is 4.93. The number of benzene rings is 3. The van der Waals surface area contributed by atoms with Crippen molar-refractivity contribution >= 4 is 45.9 Å². The van der Waals surface area contributed by atoms with Crippen LogP contribution in [0.25, 0.3) is 10.8 Å². The number of hydrogen-bond acceptors (Lipinski definition) is 4. The van der Waals surface area contributed by atoms with Gasteiger partial charge in [-0.2, -0.15) is 0 Å². The van der Waals surface area contributed by atoms with Crippen LogP contribution in [-0.2, 0) is 4.79 Å². The van der Waals surface area contributed by atoms with Gasteiger partial charge in [-0.1, -0.05) is 41.9 Å². The van der Waals surface area contributed by atoms with E-state index >= 15 is 0 Å². The normalized spacial score (nSPS) is 10.5. The monoisotopic (exact) mass is 386 g/mol. The van der Waals surface area contributed by atoms with Gasteiger partial charge in [-0.05, 0) is 35.7 Å². The number of thioether (sulfide) groups is 1. The van der Waals surface area contributed by atoms with Crippen LogP contribution in [0.5, 0.6) is 5.75 Å². The average Bonchev–Trinajstić information content (AvgIpc) is 2.64. The van der Waals surface area contributed by atoms with Crippen molar-refractivity contribution in [3.05, 3.63) is 71.2 Å². The molecule has 0 spiro atoms. The third kappa shape index (κ3) is 4.28. The Hall–Kier alpha value is -2.70. The zero-order chi connectivity index (χ0) is 18.5. The van der Waals surface area contributed by atoms with Crippen molar-refractivity contribution in [2.24, 2.45) is 0 Å². The number of aromatic hydroxyl groups is 1. The van der Waals surface area contributed by atoms with Crippen LogP contribution in [0.1, 0.15) is 10.4 Å². The molecule has 0 saturated carbocycles. The highest BCUT2D eigenvalue weighted by Crippen LogP contribution is 2.32. The largest absolute Gasteiger partial charge is 0.508 e. The Bertz CT molecular complexity index is 973. The summed E-state index contributed by atoms with van der Waals surface area (Å²) >= 11 is 7.60. The number of carbonyl (C=O) groups excluding carboxylic acids is 2. The van der Waals surface area contributed by atoms with E-state index in [1.54, 1.807) is 6.07 Å². The summed E-state index contributed by atoms with van der Waals surface area (Å²) in [6.45, 7) is 0. The highest BCUT2D eigenvalue weighted by Gasteiger charge is 2.10. The first-order valence-corrected chi connectivity index (χ1v) is 9.09. The summed E-state index contributed by atoms with van der Waals surface area (Å²) in [7, 11) is 0. The van der Waals surface area contributed by atoms with Crippen LogP contribution < -0.4 is 10.9 Å². The zero-order valence-electron chi connectivity index (χ0n) is 13.5. The SMILES string of the molecule is O=C(CSc1cccc2cccc(Cl)c12)NNC(=O)c1cccc(O)c1. The van der Waals surface area contributed by atoms with Crippen molar-refractivity contribution < 1.29 is 14.7 Å². The molecule has 5 nitrogen and oxygen atoms in total. The lowest BCUT2D eigenvalue weighted by molar-refractivity contribution is -0.119. The molecule has 3 aromatic rings. The number of phenols is 1. The molecule has 0 saturated heterocycles. The maximum Gasteiger partial charge on any atom is 0.269 e. The molecule has 0 bridgehead atoms. The third-order valence-electron chi connectivity index (χ3n) is 3.60. The van der Waals surface area contributed by atoms with E-state index in [2.05, 4.69) is 10.9 Å². The maximum atomic E-state index is 12.0. The quantitative estimate of drug-likeness (QED) is 0.471. The second-order valence-corrected chi connectivity index (χ2v) is 6.86. The summed E-state index contributed by atoms with van der Waals surface area (Å²) in [6, 6.07) is 17.3. The first kappa shape index (κ1) is 18.1. The van der Waals surface area contributed by atoms with E-state index in [9.17, 15) is 14.7 Å². The Balaban J connectivity index is 1.59. The lowest BCUT2D eigenvalue weighted by Crippen LogP contribution is -2.42. The Morgan fingerprint density at radius 3 is 2.50 bits per heavy atom. The molecule has 0 atom stereocenters. The van der Waals surface area contributed by atoms with Crippen LogP contribution in [0.3, 0.4) is 0 Å². The number of hydrogen-bond donors (Lipinski definition) is 3. The summed E-state index contributed by atoms with van der Waals surface area (Å²) in [5, 5.41) is 11.9. The molecule has 7 heteroatoms.